The molecule has 2 atom stereocenters. The van der Waals surface area contributed by atoms with E-state index in [1.165, 1.54) is 21.9 Å². The van der Waals surface area contributed by atoms with Gasteiger partial charge in [0.25, 0.3) is 0 Å². The second-order valence-corrected chi connectivity index (χ2v) is 13.3. The molecule has 1 heteroatoms. The molecule has 0 saturated carbocycles. The Morgan fingerprint density at radius 2 is 1.46 bits per heavy atom. The van der Waals surface area contributed by atoms with Gasteiger partial charge >= 0.3 is 0 Å². The van der Waals surface area contributed by atoms with Gasteiger partial charge in [0.1, 0.15) is 0 Å². The molecule has 0 radical (unpaired) electrons. The second-order valence-electron chi connectivity index (χ2n) is 8.27. The lowest BCUT2D eigenvalue weighted by molar-refractivity contribution is 0.697. The minimum Gasteiger partial charge on any atom is -0.0774 e. The first-order valence-electron chi connectivity index (χ1n) is 9.47. The van der Waals surface area contributed by atoms with E-state index < -0.39 is 8.07 Å². The van der Waals surface area contributed by atoms with Gasteiger partial charge in [-0.25, -0.2) is 0 Å². The first-order chi connectivity index (χ1) is 12.5. The average Bonchev–Trinajstić information content (AvgIpc) is 3.13. The van der Waals surface area contributed by atoms with Crippen molar-refractivity contribution in [1.82, 2.24) is 0 Å². The number of benzene rings is 3. The van der Waals surface area contributed by atoms with Crippen molar-refractivity contribution < 1.29 is 0 Å². The van der Waals surface area contributed by atoms with Crippen molar-refractivity contribution in [3.63, 3.8) is 0 Å². The minimum atomic E-state index is -1.29. The summed E-state index contributed by atoms with van der Waals surface area (Å²) in [5, 5.41) is 4.26. The maximum Gasteiger partial charge on any atom is 0.0771 e. The van der Waals surface area contributed by atoms with Crippen LogP contribution in [0.1, 0.15) is 17.0 Å². The lowest BCUT2D eigenvalue weighted by Gasteiger charge is -2.25. The third-order valence-corrected chi connectivity index (χ3v) is 7.50. The van der Waals surface area contributed by atoms with E-state index in [0.29, 0.717) is 11.8 Å². The standard InChI is InChI=1S/C25H26Si/c1-26(2,3)22-17-16-21(18-22)25(20-11-5-4-6-12-20)24-15-9-13-19-10-7-8-14-23(19)24/h4-18,21,25H,1-3H3. The fraction of sp³-hybridized carbons (Fsp3) is 0.200. The summed E-state index contributed by atoms with van der Waals surface area (Å²) >= 11 is 0. The third-order valence-electron chi connectivity index (χ3n) is 5.44. The summed E-state index contributed by atoms with van der Waals surface area (Å²) < 4.78 is 0. The molecule has 0 fully saturated rings. The zero-order valence-electron chi connectivity index (χ0n) is 15.8. The van der Waals surface area contributed by atoms with Crippen LogP contribution in [0.15, 0.2) is 96.2 Å². The Labute approximate surface area is 157 Å². The Balaban J connectivity index is 1.88. The monoisotopic (exact) mass is 354 g/mol. The number of fused-ring (bicyclic) bond motifs is 1. The van der Waals surface area contributed by atoms with Crippen LogP contribution in [0, 0.1) is 5.92 Å². The van der Waals surface area contributed by atoms with Crippen molar-refractivity contribution in [2.24, 2.45) is 5.92 Å². The molecule has 26 heavy (non-hydrogen) atoms. The molecule has 0 spiro atoms. The highest BCUT2D eigenvalue weighted by Crippen LogP contribution is 2.41. The van der Waals surface area contributed by atoms with Gasteiger partial charge in [-0.3, -0.25) is 0 Å². The van der Waals surface area contributed by atoms with Crippen molar-refractivity contribution in [2.75, 3.05) is 0 Å². The first kappa shape index (κ1) is 17.1. The number of rotatable bonds is 4. The summed E-state index contributed by atoms with van der Waals surface area (Å²) in [6, 6.07) is 26.5. The maximum absolute atomic E-state index is 2.53. The number of allylic oxidation sites excluding steroid dienone is 4. The van der Waals surface area contributed by atoms with E-state index in [2.05, 4.69) is 111 Å². The van der Waals surface area contributed by atoms with Gasteiger partial charge in [-0.15, -0.1) is 0 Å². The quantitative estimate of drug-likeness (QED) is 0.444. The van der Waals surface area contributed by atoms with E-state index in [4.69, 9.17) is 0 Å². The molecule has 1 aliphatic rings. The maximum atomic E-state index is 2.53. The van der Waals surface area contributed by atoms with Crippen molar-refractivity contribution in [3.8, 4) is 0 Å². The molecule has 4 rings (SSSR count). The van der Waals surface area contributed by atoms with Crippen molar-refractivity contribution in [3.05, 3.63) is 107 Å². The van der Waals surface area contributed by atoms with Crippen LogP contribution in [0.3, 0.4) is 0 Å². The lowest BCUT2D eigenvalue weighted by Crippen LogP contribution is -2.22. The molecule has 0 nitrogen and oxygen atoms in total. The fourth-order valence-corrected chi connectivity index (χ4v) is 5.32. The Morgan fingerprint density at radius 1 is 0.769 bits per heavy atom. The van der Waals surface area contributed by atoms with Gasteiger partial charge in [0.05, 0.1) is 8.07 Å². The molecule has 130 valence electrons. The second kappa shape index (κ2) is 6.73. The zero-order valence-corrected chi connectivity index (χ0v) is 16.8. The molecule has 1 aliphatic carbocycles. The lowest BCUT2D eigenvalue weighted by atomic mass is 9.79. The molecular weight excluding hydrogens is 328 g/mol. The molecule has 0 aromatic heterocycles. The van der Waals surface area contributed by atoms with Gasteiger partial charge in [0.2, 0.25) is 0 Å². The molecule has 3 aromatic rings. The van der Waals surface area contributed by atoms with Crippen LogP contribution in [0.25, 0.3) is 10.8 Å². The SMILES string of the molecule is C[Si](C)(C)C1=CC(C(c2ccccc2)c2cccc3ccccc23)C=C1. The van der Waals surface area contributed by atoms with Crippen LogP contribution in [0.5, 0.6) is 0 Å². The Hall–Kier alpha value is -2.38. The molecule has 0 amide bonds. The highest BCUT2D eigenvalue weighted by Gasteiger charge is 2.29. The average molecular weight is 355 g/mol. The molecule has 3 aromatic carbocycles. The molecule has 0 aliphatic heterocycles. The first-order valence-corrected chi connectivity index (χ1v) is 13.0. The summed E-state index contributed by atoms with van der Waals surface area (Å²) in [6.45, 7) is 7.29. The Bertz CT molecular complexity index is 968. The fourth-order valence-electron chi connectivity index (χ4n) is 4.03. The topological polar surface area (TPSA) is 0 Å². The Kier molecular flexibility index (Phi) is 4.42. The molecule has 0 N–H and O–H groups in total. The molecule has 0 saturated heterocycles. The smallest absolute Gasteiger partial charge is 0.0771 e. The Morgan fingerprint density at radius 3 is 2.19 bits per heavy atom. The molecular formula is C25H26Si. The molecule has 2 unspecified atom stereocenters. The van der Waals surface area contributed by atoms with Crippen LogP contribution in [0.4, 0.5) is 0 Å². The zero-order chi connectivity index (χ0) is 18.1. The van der Waals surface area contributed by atoms with E-state index in [0.717, 1.165) is 0 Å². The van der Waals surface area contributed by atoms with Gasteiger partial charge < -0.3 is 0 Å². The normalized spacial score (nSPS) is 18.1. The predicted octanol–water partition coefficient (Wildman–Crippen LogP) is 6.96. The van der Waals surface area contributed by atoms with E-state index in [1.54, 1.807) is 5.20 Å². The van der Waals surface area contributed by atoms with E-state index >= 15 is 0 Å². The van der Waals surface area contributed by atoms with Gasteiger partial charge in [0, 0.05) is 11.8 Å². The van der Waals surface area contributed by atoms with Crippen LogP contribution in [-0.4, -0.2) is 8.07 Å². The summed E-state index contributed by atoms with van der Waals surface area (Å²) in [5.41, 5.74) is 2.82. The molecule has 0 bridgehead atoms. The van der Waals surface area contributed by atoms with E-state index in [1.807, 2.05) is 0 Å². The van der Waals surface area contributed by atoms with Gasteiger partial charge in [-0.2, -0.15) is 0 Å². The summed E-state index contributed by atoms with van der Waals surface area (Å²) in [5.74, 6) is 0.775. The van der Waals surface area contributed by atoms with Crippen LogP contribution in [-0.2, 0) is 0 Å². The third kappa shape index (κ3) is 3.20. The highest BCUT2D eigenvalue weighted by molar-refractivity contribution is 6.83. The van der Waals surface area contributed by atoms with Crippen molar-refractivity contribution >= 4 is 18.8 Å². The van der Waals surface area contributed by atoms with Gasteiger partial charge in [-0.1, -0.05) is 116 Å². The minimum absolute atomic E-state index is 0.354. The van der Waals surface area contributed by atoms with E-state index in [9.17, 15) is 0 Å². The van der Waals surface area contributed by atoms with Gasteiger partial charge in [-0.05, 0) is 21.9 Å². The van der Waals surface area contributed by atoms with Crippen molar-refractivity contribution in [1.29, 1.82) is 0 Å². The summed E-state index contributed by atoms with van der Waals surface area (Å²) in [7, 11) is -1.29. The van der Waals surface area contributed by atoms with Crippen molar-refractivity contribution in [2.45, 2.75) is 25.6 Å². The summed E-state index contributed by atoms with van der Waals surface area (Å²) in [6.07, 6.45) is 7.34. The van der Waals surface area contributed by atoms with E-state index in [-0.39, 0.29) is 0 Å². The highest BCUT2D eigenvalue weighted by atomic mass is 28.3. The largest absolute Gasteiger partial charge is 0.0774 e. The molecule has 0 heterocycles. The van der Waals surface area contributed by atoms with Crippen LogP contribution < -0.4 is 0 Å². The van der Waals surface area contributed by atoms with Crippen LogP contribution in [0.2, 0.25) is 19.6 Å². The number of hydrogen-bond acceptors (Lipinski definition) is 0. The van der Waals surface area contributed by atoms with Crippen LogP contribution >= 0.6 is 0 Å². The summed E-state index contributed by atoms with van der Waals surface area (Å²) in [4.78, 5) is 0. The number of hydrogen-bond donors (Lipinski definition) is 0. The predicted molar refractivity (Wildman–Crippen MR) is 116 cm³/mol. The van der Waals surface area contributed by atoms with Gasteiger partial charge in [0.15, 0.2) is 0 Å².